The normalized spacial score (nSPS) is 20.0. The number of likely N-dealkylation sites (N-methyl/N-ethyl adjacent to an activating group) is 1. The minimum Gasteiger partial charge on any atom is -0.497 e. The Balaban J connectivity index is 1.55. The number of hydrogen-bond donors (Lipinski definition) is 3. The van der Waals surface area contributed by atoms with Crippen molar-refractivity contribution in [1.29, 1.82) is 0 Å². The van der Waals surface area contributed by atoms with Crippen molar-refractivity contribution in [2.75, 3.05) is 47.4 Å². The number of piperidine rings is 1. The lowest BCUT2D eigenvalue weighted by atomic mass is 9.78. The molecule has 0 unspecified atom stereocenters. The molecule has 0 aromatic heterocycles. The van der Waals surface area contributed by atoms with Crippen molar-refractivity contribution in [1.82, 2.24) is 20.9 Å². The van der Waals surface area contributed by atoms with E-state index in [0.29, 0.717) is 12.6 Å². The van der Waals surface area contributed by atoms with E-state index < -0.39 is 0 Å². The molecule has 3 rings (SSSR count). The molecule has 2 fully saturated rings. The van der Waals surface area contributed by atoms with Crippen LogP contribution in [0.3, 0.4) is 0 Å². The summed E-state index contributed by atoms with van der Waals surface area (Å²) in [4.78, 5) is 18.3. The molecule has 1 aliphatic carbocycles. The lowest BCUT2D eigenvalue weighted by Crippen LogP contribution is -2.51. The quantitative estimate of drug-likeness (QED) is 0.468. The van der Waals surface area contributed by atoms with Crippen LogP contribution in [0.5, 0.6) is 5.75 Å². The van der Waals surface area contributed by atoms with Gasteiger partial charge in [0, 0.05) is 45.2 Å². The fourth-order valence-corrected chi connectivity index (χ4v) is 4.73. The van der Waals surface area contributed by atoms with Gasteiger partial charge in [-0.3, -0.25) is 14.7 Å². The van der Waals surface area contributed by atoms with Crippen LogP contribution >= 0.6 is 0 Å². The number of benzene rings is 1. The standard InChI is InChI=1S/C23H37N5O2/c1-24-21(29)16-28-13-9-19(10-14-28)27-22(25-2)26-17-23(11-4-5-12-23)18-7-6-8-20(15-18)30-3/h6-8,15,19H,4-5,9-14,16-17H2,1-3H3,(H,24,29)(H2,25,26,27). The second-order valence-electron chi connectivity index (χ2n) is 8.51. The van der Waals surface area contributed by atoms with Crippen molar-refractivity contribution in [2.24, 2.45) is 4.99 Å². The smallest absolute Gasteiger partial charge is 0.233 e. The van der Waals surface area contributed by atoms with Gasteiger partial charge >= 0.3 is 0 Å². The fraction of sp³-hybridized carbons (Fsp3) is 0.652. The van der Waals surface area contributed by atoms with Gasteiger partial charge in [-0.05, 0) is 43.4 Å². The molecule has 7 heteroatoms. The Morgan fingerprint density at radius 2 is 2.00 bits per heavy atom. The van der Waals surface area contributed by atoms with Crippen LogP contribution in [0.2, 0.25) is 0 Å². The Labute approximate surface area is 180 Å². The molecule has 1 saturated heterocycles. The number of rotatable bonds is 7. The van der Waals surface area contributed by atoms with Gasteiger partial charge in [0.1, 0.15) is 5.75 Å². The highest BCUT2D eigenvalue weighted by atomic mass is 16.5. The fourth-order valence-electron chi connectivity index (χ4n) is 4.73. The number of carbonyl (C=O) groups is 1. The van der Waals surface area contributed by atoms with Crippen LogP contribution in [0.1, 0.15) is 44.1 Å². The van der Waals surface area contributed by atoms with Gasteiger partial charge in [0.05, 0.1) is 13.7 Å². The molecule has 30 heavy (non-hydrogen) atoms. The number of aliphatic imine (C=N–C) groups is 1. The molecule has 0 bridgehead atoms. The van der Waals surface area contributed by atoms with Crippen LogP contribution in [-0.2, 0) is 10.2 Å². The Bertz CT molecular complexity index is 722. The molecule has 1 saturated carbocycles. The van der Waals surface area contributed by atoms with E-state index in [4.69, 9.17) is 4.74 Å². The highest BCUT2D eigenvalue weighted by Gasteiger charge is 2.36. The maximum Gasteiger partial charge on any atom is 0.233 e. The molecule has 1 aromatic rings. The molecule has 0 radical (unpaired) electrons. The molecule has 0 atom stereocenters. The molecule has 3 N–H and O–H groups in total. The topological polar surface area (TPSA) is 78.0 Å². The van der Waals surface area contributed by atoms with Crippen LogP contribution in [0.15, 0.2) is 29.3 Å². The van der Waals surface area contributed by atoms with E-state index in [1.165, 1.54) is 31.2 Å². The third-order valence-electron chi connectivity index (χ3n) is 6.64. The van der Waals surface area contributed by atoms with Crippen molar-refractivity contribution in [3.8, 4) is 5.75 Å². The first-order valence-electron chi connectivity index (χ1n) is 11.1. The van der Waals surface area contributed by atoms with Gasteiger partial charge in [0.2, 0.25) is 5.91 Å². The van der Waals surface area contributed by atoms with Crippen molar-refractivity contribution >= 4 is 11.9 Å². The first kappa shape index (κ1) is 22.4. The van der Waals surface area contributed by atoms with Crippen LogP contribution in [0, 0.1) is 0 Å². The van der Waals surface area contributed by atoms with Crippen molar-refractivity contribution < 1.29 is 9.53 Å². The average molecular weight is 416 g/mol. The van der Waals surface area contributed by atoms with Crippen LogP contribution in [0.25, 0.3) is 0 Å². The van der Waals surface area contributed by atoms with Crippen LogP contribution in [-0.4, -0.2) is 70.2 Å². The number of carbonyl (C=O) groups excluding carboxylic acids is 1. The largest absolute Gasteiger partial charge is 0.497 e. The van der Waals surface area contributed by atoms with Gasteiger partial charge in [-0.2, -0.15) is 0 Å². The van der Waals surface area contributed by atoms with E-state index in [9.17, 15) is 4.79 Å². The average Bonchev–Trinajstić information content (AvgIpc) is 3.28. The number of hydrogen-bond acceptors (Lipinski definition) is 4. The zero-order valence-corrected chi connectivity index (χ0v) is 18.7. The van der Waals surface area contributed by atoms with Crippen LogP contribution < -0.4 is 20.7 Å². The Hall–Kier alpha value is -2.28. The highest BCUT2D eigenvalue weighted by molar-refractivity contribution is 5.80. The zero-order chi connectivity index (χ0) is 21.4. The van der Waals surface area contributed by atoms with E-state index in [0.717, 1.165) is 44.2 Å². The summed E-state index contributed by atoms with van der Waals surface area (Å²) in [6.45, 7) is 3.21. The molecule has 0 spiro atoms. The number of ether oxygens (including phenoxy) is 1. The Morgan fingerprint density at radius 1 is 1.27 bits per heavy atom. The van der Waals surface area contributed by atoms with E-state index in [2.05, 4.69) is 44.0 Å². The van der Waals surface area contributed by atoms with Crippen molar-refractivity contribution in [3.05, 3.63) is 29.8 Å². The number of amides is 1. The van der Waals surface area contributed by atoms with E-state index in [1.54, 1.807) is 14.2 Å². The maximum absolute atomic E-state index is 11.6. The number of guanidine groups is 1. The van der Waals surface area contributed by atoms with Gasteiger partial charge in [-0.15, -0.1) is 0 Å². The molecule has 1 aliphatic heterocycles. The number of nitrogens with zero attached hydrogens (tertiary/aromatic N) is 2. The summed E-state index contributed by atoms with van der Waals surface area (Å²) in [5.41, 5.74) is 1.48. The Morgan fingerprint density at radius 3 is 2.63 bits per heavy atom. The summed E-state index contributed by atoms with van der Waals surface area (Å²) in [6, 6.07) is 8.90. The minimum atomic E-state index is 0.0817. The molecule has 1 aromatic carbocycles. The SMILES string of the molecule is CN=C(NCC1(c2cccc(OC)c2)CCCC1)NC1CCN(CC(=O)NC)CC1. The third-order valence-corrected chi connectivity index (χ3v) is 6.64. The van der Waals surface area contributed by atoms with Gasteiger partial charge in [0.25, 0.3) is 0 Å². The van der Waals surface area contributed by atoms with E-state index in [-0.39, 0.29) is 11.3 Å². The van der Waals surface area contributed by atoms with Gasteiger partial charge < -0.3 is 20.7 Å². The number of nitrogens with one attached hydrogen (secondary N) is 3. The predicted molar refractivity (Wildman–Crippen MR) is 121 cm³/mol. The molecule has 166 valence electrons. The summed E-state index contributed by atoms with van der Waals surface area (Å²) in [5, 5.41) is 9.90. The number of methoxy groups -OCH3 is 1. The summed E-state index contributed by atoms with van der Waals surface area (Å²) >= 11 is 0. The highest BCUT2D eigenvalue weighted by Crippen LogP contribution is 2.41. The Kier molecular flexibility index (Phi) is 7.96. The minimum absolute atomic E-state index is 0.0817. The van der Waals surface area contributed by atoms with Crippen molar-refractivity contribution in [3.63, 3.8) is 0 Å². The lowest BCUT2D eigenvalue weighted by molar-refractivity contribution is -0.122. The monoisotopic (exact) mass is 415 g/mol. The predicted octanol–water partition coefficient (Wildman–Crippen LogP) is 1.88. The van der Waals surface area contributed by atoms with Crippen molar-refractivity contribution in [2.45, 2.75) is 50.0 Å². The molecule has 2 aliphatic rings. The summed E-state index contributed by atoms with van der Waals surface area (Å²) in [5.74, 6) is 1.87. The maximum atomic E-state index is 11.6. The first-order valence-corrected chi connectivity index (χ1v) is 11.1. The molecular weight excluding hydrogens is 378 g/mol. The molecule has 7 nitrogen and oxygen atoms in total. The van der Waals surface area contributed by atoms with Gasteiger partial charge in [-0.25, -0.2) is 0 Å². The molecular formula is C23H37N5O2. The van der Waals surface area contributed by atoms with Gasteiger partial charge in [-0.1, -0.05) is 25.0 Å². The first-order chi connectivity index (χ1) is 14.6. The molecule has 1 heterocycles. The zero-order valence-electron chi connectivity index (χ0n) is 18.7. The number of likely N-dealkylation sites (tertiary alicyclic amines) is 1. The summed E-state index contributed by atoms with van der Waals surface area (Å²) in [7, 11) is 5.25. The molecule has 1 amide bonds. The lowest BCUT2D eigenvalue weighted by Gasteiger charge is -2.34. The second-order valence-corrected chi connectivity index (χ2v) is 8.51. The summed E-state index contributed by atoms with van der Waals surface area (Å²) < 4.78 is 5.46. The second kappa shape index (κ2) is 10.7. The third kappa shape index (κ3) is 5.65. The van der Waals surface area contributed by atoms with Gasteiger partial charge in [0.15, 0.2) is 5.96 Å². The van der Waals surface area contributed by atoms with E-state index >= 15 is 0 Å². The van der Waals surface area contributed by atoms with Crippen LogP contribution in [0.4, 0.5) is 0 Å². The van der Waals surface area contributed by atoms with E-state index in [1.807, 2.05) is 13.1 Å². The summed E-state index contributed by atoms with van der Waals surface area (Å²) in [6.07, 6.45) is 6.91.